The molecule has 20 heavy (non-hydrogen) atoms. The van der Waals surface area contributed by atoms with Crippen molar-refractivity contribution in [3.63, 3.8) is 0 Å². The fraction of sp³-hybridized carbons (Fsp3) is 0.118. The van der Waals surface area contributed by atoms with Gasteiger partial charge < -0.3 is 5.11 Å². The second-order valence-electron chi connectivity index (χ2n) is 4.97. The molecule has 1 heterocycles. The van der Waals surface area contributed by atoms with E-state index < -0.39 is 0 Å². The van der Waals surface area contributed by atoms with Gasteiger partial charge in [0.25, 0.3) is 0 Å². The van der Waals surface area contributed by atoms with Crippen LogP contribution in [0.25, 0.3) is 21.8 Å². The molecule has 0 aliphatic heterocycles. The topological polar surface area (TPSA) is 33.1 Å². The summed E-state index contributed by atoms with van der Waals surface area (Å²) in [5.41, 5.74) is 4.53. The molecule has 3 aromatic rings. The van der Waals surface area contributed by atoms with Gasteiger partial charge in [-0.2, -0.15) is 0 Å². The Hall–Kier alpha value is -2.13. The summed E-state index contributed by atoms with van der Waals surface area (Å²) < 4.78 is 0. The predicted molar refractivity (Wildman–Crippen MR) is 82.1 cm³/mol. The highest BCUT2D eigenvalue weighted by molar-refractivity contribution is 7.15. The molecule has 2 aromatic carbocycles. The zero-order valence-electron chi connectivity index (χ0n) is 10.8. The first-order chi connectivity index (χ1) is 9.83. The lowest BCUT2D eigenvalue weighted by Crippen LogP contribution is -2.01. The van der Waals surface area contributed by atoms with Gasteiger partial charge >= 0.3 is 0 Å². The molecular formula is C17H13NOS. The zero-order valence-corrected chi connectivity index (χ0v) is 11.7. The maximum atomic E-state index is 9.99. The van der Waals surface area contributed by atoms with E-state index in [-0.39, 0.29) is 0 Å². The molecule has 1 aromatic heterocycles. The van der Waals surface area contributed by atoms with E-state index in [2.05, 4.69) is 24.3 Å². The second kappa shape index (κ2) is 4.46. The fourth-order valence-electron chi connectivity index (χ4n) is 2.72. The predicted octanol–water partition coefficient (Wildman–Crippen LogP) is 4.28. The Morgan fingerprint density at radius 3 is 2.50 bits per heavy atom. The van der Waals surface area contributed by atoms with Crippen LogP contribution in [0.15, 0.2) is 48.5 Å². The van der Waals surface area contributed by atoms with Crippen molar-refractivity contribution in [1.29, 1.82) is 0 Å². The van der Waals surface area contributed by atoms with Gasteiger partial charge in [-0.25, -0.2) is 4.98 Å². The van der Waals surface area contributed by atoms with Crippen molar-refractivity contribution < 1.29 is 5.11 Å². The first-order valence-electron chi connectivity index (χ1n) is 6.69. The van der Waals surface area contributed by atoms with Gasteiger partial charge in [0, 0.05) is 10.4 Å². The molecule has 1 aliphatic carbocycles. The fourth-order valence-corrected chi connectivity index (χ4v) is 3.83. The molecule has 0 saturated heterocycles. The number of hydrogen-bond donors (Lipinski definition) is 1. The molecular weight excluding hydrogens is 266 g/mol. The minimum atomic E-state index is 0.298. The summed E-state index contributed by atoms with van der Waals surface area (Å²) in [6, 6.07) is 15.9. The van der Waals surface area contributed by atoms with Crippen molar-refractivity contribution in [2.24, 2.45) is 0 Å². The molecule has 0 atom stereocenters. The van der Waals surface area contributed by atoms with Crippen molar-refractivity contribution in [3.05, 3.63) is 59.0 Å². The van der Waals surface area contributed by atoms with Gasteiger partial charge in [-0.15, -0.1) is 11.3 Å². The molecule has 0 amide bonds. The average Bonchev–Trinajstić information content (AvgIpc) is 2.92. The van der Waals surface area contributed by atoms with E-state index in [0.717, 1.165) is 29.1 Å². The quantitative estimate of drug-likeness (QED) is 0.721. The lowest BCUT2D eigenvalue weighted by molar-refractivity contribution is 0.477. The molecule has 1 N–H and O–H groups in total. The number of nitrogens with zero attached hydrogens (tertiary/aromatic N) is 1. The summed E-state index contributed by atoms with van der Waals surface area (Å²) in [4.78, 5) is 6.10. The van der Waals surface area contributed by atoms with Crippen molar-refractivity contribution in [3.8, 4) is 27.6 Å². The largest absolute Gasteiger partial charge is 0.507 e. The van der Waals surface area contributed by atoms with E-state index in [4.69, 9.17) is 4.98 Å². The van der Waals surface area contributed by atoms with Crippen LogP contribution in [-0.2, 0) is 12.8 Å². The molecule has 0 unspecified atom stereocenters. The molecule has 1 aliphatic rings. The Bertz CT molecular complexity index is 791. The summed E-state index contributed by atoms with van der Waals surface area (Å²) in [6.07, 6.45) is 2.11. The van der Waals surface area contributed by atoms with Gasteiger partial charge in [-0.05, 0) is 30.5 Å². The molecule has 4 rings (SSSR count). The zero-order chi connectivity index (χ0) is 13.5. The number of benzene rings is 2. The number of para-hydroxylation sites is 1. The van der Waals surface area contributed by atoms with Crippen LogP contribution in [0.3, 0.4) is 0 Å². The average molecular weight is 279 g/mol. The summed E-state index contributed by atoms with van der Waals surface area (Å²) in [5.74, 6) is 0.298. The smallest absolute Gasteiger partial charge is 0.128 e. The lowest BCUT2D eigenvalue weighted by Gasteiger charge is -2.13. The van der Waals surface area contributed by atoms with Crippen molar-refractivity contribution in [2.45, 2.75) is 12.8 Å². The summed E-state index contributed by atoms with van der Waals surface area (Å²) >= 11 is 1.70. The maximum absolute atomic E-state index is 9.99. The summed E-state index contributed by atoms with van der Waals surface area (Å²) in [7, 11) is 0. The molecule has 98 valence electrons. The normalized spacial score (nSPS) is 12.8. The van der Waals surface area contributed by atoms with Crippen LogP contribution >= 0.6 is 11.3 Å². The lowest BCUT2D eigenvalue weighted by atomic mass is 9.94. The van der Waals surface area contributed by atoms with E-state index in [1.54, 1.807) is 17.4 Å². The Morgan fingerprint density at radius 2 is 1.65 bits per heavy atom. The van der Waals surface area contributed by atoms with Crippen molar-refractivity contribution >= 4 is 11.3 Å². The number of hydrogen-bond acceptors (Lipinski definition) is 3. The van der Waals surface area contributed by atoms with E-state index in [0.29, 0.717) is 5.75 Å². The number of aromatic hydroxyl groups is 1. The van der Waals surface area contributed by atoms with Crippen molar-refractivity contribution in [2.75, 3.05) is 0 Å². The van der Waals surface area contributed by atoms with E-state index in [1.165, 1.54) is 16.0 Å². The van der Waals surface area contributed by atoms with Gasteiger partial charge in [0.05, 0.1) is 11.3 Å². The third kappa shape index (κ3) is 1.74. The molecule has 0 bridgehead atoms. The number of aryl methyl sites for hydroxylation is 2. The Morgan fingerprint density at radius 1 is 0.900 bits per heavy atom. The standard InChI is InChI=1S/C17H13NOS/c19-14-8-4-3-7-13(14)17-18-16-12-6-2-1-5-11(12)9-10-15(16)20-17/h1-8,19H,9-10H2. The van der Waals surface area contributed by atoms with Gasteiger partial charge in [0.1, 0.15) is 10.8 Å². The number of rotatable bonds is 1. The molecule has 2 nitrogen and oxygen atoms in total. The van der Waals surface area contributed by atoms with Crippen LogP contribution in [0, 0.1) is 0 Å². The Balaban J connectivity index is 1.89. The Kier molecular flexibility index (Phi) is 2.60. The van der Waals surface area contributed by atoms with Crippen LogP contribution in [0.4, 0.5) is 0 Å². The van der Waals surface area contributed by atoms with Gasteiger partial charge in [0.2, 0.25) is 0 Å². The SMILES string of the molecule is Oc1ccccc1-c1nc2c(s1)CCc1ccccc1-2. The number of phenols is 1. The third-order valence-corrected chi connectivity index (χ3v) is 4.87. The van der Waals surface area contributed by atoms with Crippen LogP contribution in [0.1, 0.15) is 10.4 Å². The van der Waals surface area contributed by atoms with Gasteiger partial charge in [-0.1, -0.05) is 36.4 Å². The van der Waals surface area contributed by atoms with Crippen LogP contribution < -0.4 is 0 Å². The monoisotopic (exact) mass is 279 g/mol. The van der Waals surface area contributed by atoms with Crippen LogP contribution in [0.2, 0.25) is 0 Å². The number of thiazole rings is 1. The number of phenolic OH excluding ortho intramolecular Hbond substituents is 1. The summed E-state index contributed by atoms with van der Waals surface area (Å²) in [5, 5.41) is 10.9. The van der Waals surface area contributed by atoms with Gasteiger partial charge in [-0.3, -0.25) is 0 Å². The maximum Gasteiger partial charge on any atom is 0.128 e. The van der Waals surface area contributed by atoms with Crippen LogP contribution in [-0.4, -0.2) is 10.1 Å². The molecule has 0 fully saturated rings. The minimum absolute atomic E-state index is 0.298. The first kappa shape index (κ1) is 11.7. The highest BCUT2D eigenvalue weighted by Gasteiger charge is 2.21. The van der Waals surface area contributed by atoms with E-state index in [9.17, 15) is 5.11 Å². The molecule has 0 saturated carbocycles. The van der Waals surface area contributed by atoms with E-state index in [1.807, 2.05) is 18.2 Å². The third-order valence-electron chi connectivity index (χ3n) is 3.73. The number of fused-ring (bicyclic) bond motifs is 3. The highest BCUT2D eigenvalue weighted by Crippen LogP contribution is 2.41. The Labute approximate surface area is 121 Å². The molecule has 3 heteroatoms. The first-order valence-corrected chi connectivity index (χ1v) is 7.51. The minimum Gasteiger partial charge on any atom is -0.507 e. The number of aromatic nitrogens is 1. The van der Waals surface area contributed by atoms with Crippen molar-refractivity contribution in [1.82, 2.24) is 4.98 Å². The highest BCUT2D eigenvalue weighted by atomic mass is 32.1. The molecule has 0 spiro atoms. The molecule has 0 radical (unpaired) electrons. The second-order valence-corrected chi connectivity index (χ2v) is 6.05. The van der Waals surface area contributed by atoms with Crippen LogP contribution in [0.5, 0.6) is 5.75 Å². The van der Waals surface area contributed by atoms with E-state index >= 15 is 0 Å². The summed E-state index contributed by atoms with van der Waals surface area (Å²) in [6.45, 7) is 0. The van der Waals surface area contributed by atoms with Gasteiger partial charge in [0.15, 0.2) is 0 Å².